The van der Waals surface area contributed by atoms with E-state index in [2.05, 4.69) is 46.8 Å². The van der Waals surface area contributed by atoms with E-state index in [9.17, 15) is 0 Å². The van der Waals surface area contributed by atoms with Crippen LogP contribution in [0.25, 0.3) is 0 Å². The second kappa shape index (κ2) is 12.5. The molecule has 0 amide bonds. The number of rotatable bonds is 10. The van der Waals surface area contributed by atoms with Crippen molar-refractivity contribution in [1.82, 2.24) is 10.6 Å². The Morgan fingerprint density at radius 3 is 2.44 bits per heavy atom. The highest BCUT2D eigenvalue weighted by Gasteiger charge is 2.34. The fourth-order valence-corrected chi connectivity index (χ4v) is 4.03. The second-order valence-corrected chi connectivity index (χ2v) is 8.53. The number of nitrogens with one attached hydrogen (secondary N) is 2. The third kappa shape index (κ3) is 6.97. The van der Waals surface area contributed by atoms with Gasteiger partial charge in [-0.05, 0) is 42.0 Å². The highest BCUT2D eigenvalue weighted by Crippen LogP contribution is 2.35. The lowest BCUT2D eigenvalue weighted by atomic mass is 9.74. The van der Waals surface area contributed by atoms with Gasteiger partial charge < -0.3 is 24.8 Å². The molecule has 0 bridgehead atoms. The van der Waals surface area contributed by atoms with Crippen LogP contribution in [0.1, 0.15) is 30.9 Å². The van der Waals surface area contributed by atoms with Crippen LogP contribution in [-0.2, 0) is 21.5 Å². The smallest absolute Gasteiger partial charge is 0.191 e. The van der Waals surface area contributed by atoms with E-state index in [0.29, 0.717) is 19.1 Å². The van der Waals surface area contributed by atoms with Crippen molar-refractivity contribution in [2.45, 2.75) is 31.8 Å². The molecule has 1 unspecified atom stereocenters. The van der Waals surface area contributed by atoms with E-state index >= 15 is 0 Å². The number of benzene rings is 2. The highest BCUT2D eigenvalue weighted by atomic mass is 16.5. The summed E-state index contributed by atoms with van der Waals surface area (Å²) in [6.45, 7) is 6.68. The summed E-state index contributed by atoms with van der Waals surface area (Å²) < 4.78 is 16.9. The lowest BCUT2D eigenvalue weighted by Crippen LogP contribution is -2.48. The minimum atomic E-state index is 0.0204. The number of methoxy groups -OCH3 is 1. The molecule has 1 aliphatic heterocycles. The molecule has 174 valence electrons. The maximum atomic E-state index is 5.87. The van der Waals surface area contributed by atoms with Crippen molar-refractivity contribution in [2.24, 2.45) is 10.9 Å². The molecule has 2 aromatic rings. The minimum absolute atomic E-state index is 0.0204. The molecule has 6 nitrogen and oxygen atoms in total. The summed E-state index contributed by atoms with van der Waals surface area (Å²) in [5, 5.41) is 7.01. The number of ether oxygens (including phenoxy) is 3. The largest absolute Gasteiger partial charge is 0.497 e. The van der Waals surface area contributed by atoms with E-state index in [0.717, 1.165) is 50.9 Å². The van der Waals surface area contributed by atoms with Gasteiger partial charge in [0.25, 0.3) is 0 Å². The summed E-state index contributed by atoms with van der Waals surface area (Å²) >= 11 is 0. The Morgan fingerprint density at radius 2 is 1.78 bits per heavy atom. The number of guanidine groups is 1. The standard InChI is InChI=1S/C26H37N3O3/c1-21(18-32-19-22-7-5-4-6-8-22)17-28-25(27-2)29-20-26(13-15-31-16-14-26)23-9-11-24(30-3)12-10-23/h4-12,21H,13-20H2,1-3H3,(H2,27,28,29). The molecule has 0 aromatic heterocycles. The van der Waals surface area contributed by atoms with Crippen molar-refractivity contribution in [3.05, 3.63) is 65.7 Å². The van der Waals surface area contributed by atoms with E-state index < -0.39 is 0 Å². The molecule has 0 aliphatic carbocycles. The first kappa shape index (κ1) is 24.1. The average molecular weight is 440 g/mol. The summed E-state index contributed by atoms with van der Waals surface area (Å²) in [5.74, 6) is 2.07. The predicted molar refractivity (Wildman–Crippen MR) is 129 cm³/mol. The van der Waals surface area contributed by atoms with Crippen LogP contribution in [0.3, 0.4) is 0 Å². The quantitative estimate of drug-likeness (QED) is 0.436. The van der Waals surface area contributed by atoms with E-state index in [1.54, 1.807) is 7.11 Å². The molecule has 1 aliphatic rings. The Labute approximate surface area is 192 Å². The second-order valence-electron chi connectivity index (χ2n) is 8.53. The number of aliphatic imine (C=N–C) groups is 1. The molecular formula is C26H37N3O3. The first-order valence-corrected chi connectivity index (χ1v) is 11.4. The van der Waals surface area contributed by atoms with Gasteiger partial charge in [-0.25, -0.2) is 0 Å². The van der Waals surface area contributed by atoms with Crippen LogP contribution in [-0.4, -0.2) is 53.0 Å². The lowest BCUT2D eigenvalue weighted by Gasteiger charge is -2.38. The third-order valence-corrected chi connectivity index (χ3v) is 6.10. The van der Waals surface area contributed by atoms with Crippen LogP contribution in [0.15, 0.2) is 59.6 Å². The van der Waals surface area contributed by atoms with Gasteiger partial charge in [0.05, 0.1) is 20.3 Å². The van der Waals surface area contributed by atoms with Crippen molar-refractivity contribution < 1.29 is 14.2 Å². The molecule has 1 heterocycles. The molecule has 2 aromatic carbocycles. The SMILES string of the molecule is CN=C(NCC(C)COCc1ccccc1)NCC1(c2ccc(OC)cc2)CCOCC1. The third-order valence-electron chi connectivity index (χ3n) is 6.10. The fraction of sp³-hybridized carbons (Fsp3) is 0.500. The maximum absolute atomic E-state index is 5.87. The molecule has 0 saturated carbocycles. The fourth-order valence-electron chi connectivity index (χ4n) is 4.03. The van der Waals surface area contributed by atoms with Crippen molar-refractivity contribution in [3.8, 4) is 5.75 Å². The Bertz CT molecular complexity index is 818. The van der Waals surface area contributed by atoms with Gasteiger partial charge in [-0.15, -0.1) is 0 Å². The van der Waals surface area contributed by atoms with Crippen LogP contribution >= 0.6 is 0 Å². The van der Waals surface area contributed by atoms with Gasteiger partial charge in [-0.3, -0.25) is 4.99 Å². The van der Waals surface area contributed by atoms with Gasteiger partial charge >= 0.3 is 0 Å². The van der Waals surface area contributed by atoms with Crippen molar-refractivity contribution in [1.29, 1.82) is 0 Å². The van der Waals surface area contributed by atoms with Crippen LogP contribution in [0, 0.1) is 5.92 Å². The van der Waals surface area contributed by atoms with Gasteiger partial charge in [0, 0.05) is 38.8 Å². The first-order valence-electron chi connectivity index (χ1n) is 11.4. The molecule has 0 spiro atoms. The number of nitrogens with zero attached hydrogens (tertiary/aromatic N) is 1. The Balaban J connectivity index is 1.48. The van der Waals surface area contributed by atoms with Gasteiger partial charge in [0.2, 0.25) is 0 Å². The van der Waals surface area contributed by atoms with E-state index in [1.807, 2.05) is 37.4 Å². The molecule has 6 heteroatoms. The zero-order valence-corrected chi connectivity index (χ0v) is 19.6. The van der Waals surface area contributed by atoms with Gasteiger partial charge in [-0.1, -0.05) is 49.4 Å². The molecule has 3 rings (SSSR count). The summed E-state index contributed by atoms with van der Waals surface area (Å²) in [4.78, 5) is 4.43. The predicted octanol–water partition coefficient (Wildman–Crippen LogP) is 3.76. The number of hydrogen-bond donors (Lipinski definition) is 2. The first-order chi connectivity index (χ1) is 15.6. The normalized spacial score (nSPS) is 16.9. The summed E-state index contributed by atoms with van der Waals surface area (Å²) in [5.41, 5.74) is 2.53. The molecular weight excluding hydrogens is 402 g/mol. The monoisotopic (exact) mass is 439 g/mol. The minimum Gasteiger partial charge on any atom is -0.497 e. The summed E-state index contributed by atoms with van der Waals surface area (Å²) in [6, 6.07) is 18.7. The topological polar surface area (TPSA) is 64.1 Å². The van der Waals surface area contributed by atoms with Crippen LogP contribution in [0.2, 0.25) is 0 Å². The van der Waals surface area contributed by atoms with Crippen LogP contribution < -0.4 is 15.4 Å². The zero-order chi connectivity index (χ0) is 22.7. The van der Waals surface area contributed by atoms with Crippen molar-refractivity contribution >= 4 is 5.96 Å². The van der Waals surface area contributed by atoms with E-state index in [4.69, 9.17) is 14.2 Å². The van der Waals surface area contributed by atoms with Crippen molar-refractivity contribution in [2.75, 3.05) is 47.1 Å². The number of hydrogen-bond acceptors (Lipinski definition) is 4. The average Bonchev–Trinajstić information content (AvgIpc) is 2.85. The highest BCUT2D eigenvalue weighted by molar-refractivity contribution is 5.79. The summed E-state index contributed by atoms with van der Waals surface area (Å²) in [6.07, 6.45) is 1.96. The van der Waals surface area contributed by atoms with Crippen LogP contribution in [0.5, 0.6) is 5.75 Å². The zero-order valence-electron chi connectivity index (χ0n) is 19.6. The molecule has 1 saturated heterocycles. The van der Waals surface area contributed by atoms with Gasteiger partial charge in [-0.2, -0.15) is 0 Å². The van der Waals surface area contributed by atoms with Gasteiger partial charge in [0.15, 0.2) is 5.96 Å². The summed E-state index contributed by atoms with van der Waals surface area (Å²) in [7, 11) is 3.51. The van der Waals surface area contributed by atoms with Crippen LogP contribution in [0.4, 0.5) is 0 Å². The van der Waals surface area contributed by atoms with E-state index in [-0.39, 0.29) is 5.41 Å². The molecule has 1 atom stereocenters. The van der Waals surface area contributed by atoms with Crippen molar-refractivity contribution in [3.63, 3.8) is 0 Å². The Morgan fingerprint density at radius 1 is 1.06 bits per heavy atom. The Hall–Kier alpha value is -2.57. The van der Waals surface area contributed by atoms with E-state index in [1.165, 1.54) is 11.1 Å². The Kier molecular flexibility index (Phi) is 9.38. The molecule has 2 N–H and O–H groups in total. The van der Waals surface area contributed by atoms with Gasteiger partial charge in [0.1, 0.15) is 5.75 Å². The lowest BCUT2D eigenvalue weighted by molar-refractivity contribution is 0.0513. The molecule has 32 heavy (non-hydrogen) atoms. The molecule has 1 fully saturated rings. The maximum Gasteiger partial charge on any atom is 0.191 e. The molecule has 0 radical (unpaired) electrons.